The van der Waals surface area contributed by atoms with Crippen LogP contribution < -0.4 is 0 Å². The Morgan fingerprint density at radius 1 is 1.56 bits per heavy atom. The molecule has 0 amide bonds. The quantitative estimate of drug-likeness (QED) is 0.446. The van der Waals surface area contributed by atoms with E-state index in [9.17, 15) is 4.79 Å². The minimum absolute atomic E-state index is 0.0117. The molecule has 2 nitrogen and oxygen atoms in total. The van der Waals surface area contributed by atoms with Crippen LogP contribution in [0.2, 0.25) is 0 Å². The first-order valence-electron chi connectivity index (χ1n) is 2.72. The van der Waals surface area contributed by atoms with E-state index >= 15 is 0 Å². The van der Waals surface area contributed by atoms with Crippen molar-refractivity contribution in [1.82, 2.24) is 0 Å². The number of allylic oxidation sites excluding steroid dienone is 3. The van der Waals surface area contributed by atoms with Gasteiger partial charge in [0.05, 0.1) is 6.61 Å². The largest absolute Gasteiger partial charge is 0.392 e. The number of aliphatic hydroxyl groups excluding tert-OH is 1. The molecule has 0 radical (unpaired) electrons. The third kappa shape index (κ3) is 7.11. The second-order valence-electron chi connectivity index (χ2n) is 1.58. The van der Waals surface area contributed by atoms with Crippen LogP contribution in [0.4, 0.5) is 0 Å². The lowest BCUT2D eigenvalue weighted by Gasteiger charge is -1.75. The zero-order chi connectivity index (χ0) is 7.11. The van der Waals surface area contributed by atoms with Crippen LogP contribution in [-0.4, -0.2) is 17.5 Å². The highest BCUT2D eigenvalue weighted by molar-refractivity contribution is 5.87. The van der Waals surface area contributed by atoms with Crippen molar-refractivity contribution in [3.63, 3.8) is 0 Å². The summed E-state index contributed by atoms with van der Waals surface area (Å²) in [4.78, 5) is 10.2. The van der Waals surface area contributed by atoms with Crippen molar-refractivity contribution in [2.45, 2.75) is 6.92 Å². The Hall–Kier alpha value is -0.890. The molecule has 0 aliphatic heterocycles. The first kappa shape index (κ1) is 8.11. The number of rotatable bonds is 3. The highest BCUT2D eigenvalue weighted by Gasteiger charge is 1.75. The van der Waals surface area contributed by atoms with Crippen molar-refractivity contribution < 1.29 is 9.90 Å². The number of ketones is 1. The van der Waals surface area contributed by atoms with E-state index in [2.05, 4.69) is 0 Å². The van der Waals surface area contributed by atoms with Crippen LogP contribution >= 0.6 is 0 Å². The predicted octanol–water partition coefficient (Wildman–Crippen LogP) is 0.680. The average Bonchev–Trinajstić information content (AvgIpc) is 1.80. The predicted molar refractivity (Wildman–Crippen MR) is 36.0 cm³/mol. The Kier molecular flexibility index (Phi) is 4.73. The summed E-state index contributed by atoms with van der Waals surface area (Å²) in [7, 11) is 0. The topological polar surface area (TPSA) is 37.3 Å². The normalized spacial score (nSPS) is 11.3. The van der Waals surface area contributed by atoms with Crippen LogP contribution in [0.5, 0.6) is 0 Å². The fourth-order valence-corrected chi connectivity index (χ4v) is 0.330. The van der Waals surface area contributed by atoms with Crippen LogP contribution in [0.3, 0.4) is 0 Å². The Morgan fingerprint density at radius 3 is 2.67 bits per heavy atom. The van der Waals surface area contributed by atoms with E-state index in [1.54, 1.807) is 18.2 Å². The molecule has 0 rings (SSSR count). The highest BCUT2D eigenvalue weighted by Crippen LogP contribution is 1.77. The van der Waals surface area contributed by atoms with Crippen molar-refractivity contribution in [2.75, 3.05) is 6.61 Å². The average molecular weight is 126 g/mol. The molecule has 9 heavy (non-hydrogen) atoms. The maximum Gasteiger partial charge on any atom is 0.152 e. The number of hydrogen-bond donors (Lipinski definition) is 1. The lowest BCUT2D eigenvalue weighted by atomic mass is 10.4. The zero-order valence-electron chi connectivity index (χ0n) is 5.37. The van der Waals surface area contributed by atoms with Gasteiger partial charge in [0.1, 0.15) is 0 Å². The Labute approximate surface area is 54.5 Å². The molecule has 0 spiro atoms. The number of carbonyl (C=O) groups is 1. The SMILES string of the molecule is CC(=O)C=CC=CCO. The molecule has 0 aromatic rings. The molecule has 0 saturated carbocycles. The first-order chi connectivity index (χ1) is 4.27. The van der Waals surface area contributed by atoms with Gasteiger partial charge < -0.3 is 5.11 Å². The molecule has 0 aliphatic rings. The van der Waals surface area contributed by atoms with Crippen LogP contribution in [0, 0.1) is 0 Å². The summed E-state index contributed by atoms with van der Waals surface area (Å²) < 4.78 is 0. The molecule has 0 saturated heterocycles. The second-order valence-corrected chi connectivity index (χ2v) is 1.58. The summed E-state index contributed by atoms with van der Waals surface area (Å²) in [5, 5.41) is 8.23. The molecular formula is C7H10O2. The second kappa shape index (κ2) is 5.25. The molecule has 2 heteroatoms. The van der Waals surface area contributed by atoms with Gasteiger partial charge in [0.25, 0.3) is 0 Å². The molecule has 1 N–H and O–H groups in total. The summed E-state index contributed by atoms with van der Waals surface area (Å²) in [5.74, 6) is 0.0117. The summed E-state index contributed by atoms with van der Waals surface area (Å²) in [6.45, 7) is 1.49. The lowest BCUT2D eigenvalue weighted by Crippen LogP contribution is -1.77. The summed E-state index contributed by atoms with van der Waals surface area (Å²) in [6.07, 6.45) is 6.21. The van der Waals surface area contributed by atoms with Crippen molar-refractivity contribution in [2.24, 2.45) is 0 Å². The van der Waals surface area contributed by atoms with Crippen molar-refractivity contribution in [3.05, 3.63) is 24.3 Å². The minimum Gasteiger partial charge on any atom is -0.392 e. The number of carbonyl (C=O) groups excluding carboxylic acids is 1. The van der Waals surface area contributed by atoms with Gasteiger partial charge in [0.2, 0.25) is 0 Å². The maximum absolute atomic E-state index is 10.2. The number of aliphatic hydroxyl groups is 1. The molecule has 0 bridgehead atoms. The molecular weight excluding hydrogens is 116 g/mol. The molecule has 0 fully saturated rings. The van der Waals surface area contributed by atoms with Crippen molar-refractivity contribution >= 4 is 5.78 Å². The van der Waals surface area contributed by atoms with Gasteiger partial charge >= 0.3 is 0 Å². The standard InChI is InChI=1S/C7H10O2/c1-7(9)5-3-2-4-6-8/h2-5,8H,6H2,1H3. The van der Waals surface area contributed by atoms with E-state index in [4.69, 9.17) is 5.11 Å². The smallest absolute Gasteiger partial charge is 0.152 e. The first-order valence-corrected chi connectivity index (χ1v) is 2.72. The van der Waals surface area contributed by atoms with Gasteiger partial charge in [-0.3, -0.25) is 4.79 Å². The summed E-state index contributed by atoms with van der Waals surface area (Å²) in [5.41, 5.74) is 0. The Balaban J connectivity index is 3.47. The zero-order valence-corrected chi connectivity index (χ0v) is 5.37. The fourth-order valence-electron chi connectivity index (χ4n) is 0.330. The van der Waals surface area contributed by atoms with Crippen LogP contribution in [-0.2, 0) is 4.79 Å². The van der Waals surface area contributed by atoms with Gasteiger partial charge in [0.15, 0.2) is 5.78 Å². The van der Waals surface area contributed by atoms with E-state index in [-0.39, 0.29) is 12.4 Å². The molecule has 0 aromatic carbocycles. The van der Waals surface area contributed by atoms with Crippen molar-refractivity contribution in [1.29, 1.82) is 0 Å². The number of hydrogen-bond acceptors (Lipinski definition) is 2. The van der Waals surface area contributed by atoms with Gasteiger partial charge in [-0.2, -0.15) is 0 Å². The van der Waals surface area contributed by atoms with Gasteiger partial charge in [-0.25, -0.2) is 0 Å². The highest BCUT2D eigenvalue weighted by atomic mass is 16.2. The van der Waals surface area contributed by atoms with E-state index < -0.39 is 0 Å². The third-order valence-corrected chi connectivity index (χ3v) is 0.684. The van der Waals surface area contributed by atoms with Crippen LogP contribution in [0.1, 0.15) is 6.92 Å². The van der Waals surface area contributed by atoms with Crippen LogP contribution in [0.15, 0.2) is 24.3 Å². The monoisotopic (exact) mass is 126 g/mol. The molecule has 50 valence electrons. The Bertz CT molecular complexity index is 134. The van der Waals surface area contributed by atoms with Crippen molar-refractivity contribution in [3.8, 4) is 0 Å². The van der Waals surface area contributed by atoms with Gasteiger partial charge in [-0.05, 0) is 13.0 Å². The molecule has 0 unspecified atom stereocenters. The summed E-state index contributed by atoms with van der Waals surface area (Å²) >= 11 is 0. The van der Waals surface area contributed by atoms with Crippen LogP contribution in [0.25, 0.3) is 0 Å². The molecule has 0 aliphatic carbocycles. The Morgan fingerprint density at radius 2 is 2.22 bits per heavy atom. The molecule has 0 aromatic heterocycles. The van der Waals surface area contributed by atoms with E-state index in [0.29, 0.717) is 0 Å². The molecule has 0 atom stereocenters. The fraction of sp³-hybridized carbons (Fsp3) is 0.286. The van der Waals surface area contributed by atoms with E-state index in [0.717, 1.165) is 0 Å². The summed E-state index contributed by atoms with van der Waals surface area (Å²) in [6, 6.07) is 0. The van der Waals surface area contributed by atoms with E-state index in [1.165, 1.54) is 13.0 Å². The molecule has 0 heterocycles. The van der Waals surface area contributed by atoms with Gasteiger partial charge in [-0.15, -0.1) is 0 Å². The van der Waals surface area contributed by atoms with E-state index in [1.807, 2.05) is 0 Å². The maximum atomic E-state index is 10.2. The third-order valence-electron chi connectivity index (χ3n) is 0.684. The minimum atomic E-state index is 0.0117. The lowest BCUT2D eigenvalue weighted by molar-refractivity contribution is -0.112. The van der Waals surface area contributed by atoms with Gasteiger partial charge in [0, 0.05) is 0 Å². The van der Waals surface area contributed by atoms with Gasteiger partial charge in [-0.1, -0.05) is 18.2 Å².